The van der Waals surface area contributed by atoms with Crippen molar-refractivity contribution in [2.24, 2.45) is 0 Å². The molecule has 3 rings (SSSR count). The maximum absolute atomic E-state index is 12.0. The fraction of sp³-hybridized carbons (Fsp3) is 0.105. The van der Waals surface area contributed by atoms with Gasteiger partial charge in [-0.05, 0) is 24.3 Å². The first-order chi connectivity index (χ1) is 13.5. The second-order valence-electron chi connectivity index (χ2n) is 5.74. The number of halogens is 1. The van der Waals surface area contributed by atoms with Gasteiger partial charge >= 0.3 is 5.97 Å². The first kappa shape index (κ1) is 19.1. The van der Waals surface area contributed by atoms with E-state index in [0.29, 0.717) is 22.2 Å². The number of esters is 1. The van der Waals surface area contributed by atoms with Crippen LogP contribution in [-0.4, -0.2) is 28.7 Å². The smallest absolute Gasteiger partial charge is 0.312 e. The summed E-state index contributed by atoms with van der Waals surface area (Å²) in [6.07, 6.45) is -0.201. The lowest BCUT2D eigenvalue weighted by Crippen LogP contribution is -2.22. The van der Waals surface area contributed by atoms with Gasteiger partial charge in [-0.25, -0.2) is 5.10 Å². The minimum atomic E-state index is -0.669. The second-order valence-corrected chi connectivity index (χ2v) is 6.14. The molecule has 0 unspecified atom stereocenters. The number of aromatic nitrogens is 2. The van der Waals surface area contributed by atoms with E-state index < -0.39 is 18.5 Å². The lowest BCUT2D eigenvalue weighted by molar-refractivity contribution is -0.146. The van der Waals surface area contributed by atoms with Gasteiger partial charge in [0.1, 0.15) is 6.07 Å². The van der Waals surface area contributed by atoms with E-state index in [0.717, 1.165) is 0 Å². The average molecular weight is 397 g/mol. The molecule has 0 aliphatic heterocycles. The number of anilines is 1. The molecule has 1 amide bonds. The molecule has 140 valence electrons. The third-order valence-electron chi connectivity index (χ3n) is 3.82. The summed E-state index contributed by atoms with van der Waals surface area (Å²) >= 11 is 5.90. The quantitative estimate of drug-likeness (QED) is 0.637. The van der Waals surface area contributed by atoms with Crippen LogP contribution < -0.4 is 10.9 Å². The highest BCUT2D eigenvalue weighted by Gasteiger charge is 2.13. The summed E-state index contributed by atoms with van der Waals surface area (Å²) < 4.78 is 4.97. The lowest BCUT2D eigenvalue weighted by atomic mass is 10.1. The Kier molecular flexibility index (Phi) is 5.67. The predicted octanol–water partition coefficient (Wildman–Crippen LogP) is 2.17. The SMILES string of the molecule is N#Cc1ccc(NC(=O)COC(=O)Cc2n[nH]c(=O)c3ccccc23)cc1Cl. The molecule has 2 aromatic carbocycles. The third-order valence-corrected chi connectivity index (χ3v) is 4.14. The number of hydrogen-bond acceptors (Lipinski definition) is 6. The van der Waals surface area contributed by atoms with E-state index in [1.807, 2.05) is 6.07 Å². The van der Waals surface area contributed by atoms with Crippen LogP contribution in [0.1, 0.15) is 11.3 Å². The molecule has 1 aromatic heterocycles. The van der Waals surface area contributed by atoms with Crippen LogP contribution >= 0.6 is 11.6 Å². The number of nitrogens with one attached hydrogen (secondary N) is 2. The van der Waals surface area contributed by atoms with Crippen molar-refractivity contribution in [1.29, 1.82) is 5.26 Å². The minimum absolute atomic E-state index is 0.201. The van der Waals surface area contributed by atoms with E-state index in [1.165, 1.54) is 18.2 Å². The van der Waals surface area contributed by atoms with Crippen LogP contribution in [-0.2, 0) is 20.7 Å². The molecule has 9 heteroatoms. The maximum atomic E-state index is 12.0. The van der Waals surface area contributed by atoms with E-state index in [-0.39, 0.29) is 22.6 Å². The number of aromatic amines is 1. The average Bonchev–Trinajstić information content (AvgIpc) is 2.69. The van der Waals surface area contributed by atoms with Crippen LogP contribution in [0.2, 0.25) is 5.02 Å². The van der Waals surface area contributed by atoms with Crippen molar-refractivity contribution in [3.63, 3.8) is 0 Å². The van der Waals surface area contributed by atoms with Crippen molar-refractivity contribution >= 4 is 39.9 Å². The van der Waals surface area contributed by atoms with Gasteiger partial charge in [0.05, 0.1) is 28.1 Å². The fourth-order valence-electron chi connectivity index (χ4n) is 2.52. The van der Waals surface area contributed by atoms with Crippen LogP contribution in [0.25, 0.3) is 10.8 Å². The summed E-state index contributed by atoms with van der Waals surface area (Å²) in [6.45, 7) is -0.502. The molecule has 8 nitrogen and oxygen atoms in total. The Labute approximate surface area is 163 Å². The molecule has 2 N–H and O–H groups in total. The molecule has 0 aliphatic carbocycles. The largest absolute Gasteiger partial charge is 0.455 e. The second kappa shape index (κ2) is 8.33. The zero-order valence-electron chi connectivity index (χ0n) is 14.4. The minimum Gasteiger partial charge on any atom is -0.455 e. The molecule has 0 atom stereocenters. The predicted molar refractivity (Wildman–Crippen MR) is 102 cm³/mol. The first-order valence-corrected chi connectivity index (χ1v) is 8.47. The number of carbonyl (C=O) groups excluding carboxylic acids is 2. The van der Waals surface area contributed by atoms with Crippen LogP contribution in [0.15, 0.2) is 47.3 Å². The number of hydrogen-bond donors (Lipinski definition) is 2. The van der Waals surface area contributed by atoms with Gasteiger partial charge in [-0.15, -0.1) is 0 Å². The molecule has 1 heterocycles. The number of amides is 1. The Morgan fingerprint density at radius 2 is 1.96 bits per heavy atom. The Hall–Kier alpha value is -3.70. The van der Waals surface area contributed by atoms with Crippen molar-refractivity contribution in [2.45, 2.75) is 6.42 Å². The van der Waals surface area contributed by atoms with Gasteiger partial charge in [-0.2, -0.15) is 10.4 Å². The number of benzene rings is 2. The van der Waals surface area contributed by atoms with Gasteiger partial charge in [0, 0.05) is 11.1 Å². The molecule has 0 saturated heterocycles. The van der Waals surface area contributed by atoms with Gasteiger partial charge in [-0.3, -0.25) is 14.4 Å². The van der Waals surface area contributed by atoms with Gasteiger partial charge in [0.15, 0.2) is 6.61 Å². The van der Waals surface area contributed by atoms with E-state index in [4.69, 9.17) is 21.6 Å². The maximum Gasteiger partial charge on any atom is 0.312 e. The number of nitrogens with zero attached hydrogens (tertiary/aromatic N) is 2. The van der Waals surface area contributed by atoms with E-state index in [9.17, 15) is 14.4 Å². The summed E-state index contributed by atoms with van der Waals surface area (Å²) in [5.41, 5.74) is 0.651. The van der Waals surface area contributed by atoms with E-state index in [1.54, 1.807) is 24.3 Å². The monoisotopic (exact) mass is 396 g/mol. The molecule has 0 fully saturated rings. The van der Waals surface area contributed by atoms with Gasteiger partial charge < -0.3 is 10.1 Å². The lowest BCUT2D eigenvalue weighted by Gasteiger charge is -2.08. The highest BCUT2D eigenvalue weighted by Crippen LogP contribution is 2.20. The Morgan fingerprint density at radius 1 is 1.21 bits per heavy atom. The Bertz CT molecular complexity index is 1170. The molecule has 3 aromatic rings. The van der Waals surface area contributed by atoms with E-state index >= 15 is 0 Å². The van der Waals surface area contributed by atoms with Crippen molar-refractivity contribution in [2.75, 3.05) is 11.9 Å². The van der Waals surface area contributed by atoms with Crippen molar-refractivity contribution in [3.05, 3.63) is 69.1 Å². The van der Waals surface area contributed by atoms with Gasteiger partial charge in [-0.1, -0.05) is 29.8 Å². The summed E-state index contributed by atoms with van der Waals surface area (Å²) in [6, 6.07) is 13.1. The van der Waals surface area contributed by atoms with Crippen LogP contribution in [0.5, 0.6) is 0 Å². The number of H-pyrrole nitrogens is 1. The number of ether oxygens (including phenoxy) is 1. The normalized spacial score (nSPS) is 10.3. The first-order valence-electron chi connectivity index (χ1n) is 8.09. The molecule has 0 radical (unpaired) electrons. The number of rotatable bonds is 5. The fourth-order valence-corrected chi connectivity index (χ4v) is 2.74. The summed E-state index contributed by atoms with van der Waals surface area (Å²) in [5.74, 6) is -1.23. The highest BCUT2D eigenvalue weighted by atomic mass is 35.5. The highest BCUT2D eigenvalue weighted by molar-refractivity contribution is 6.32. The molecule has 0 aliphatic rings. The van der Waals surface area contributed by atoms with Crippen LogP contribution in [0.3, 0.4) is 0 Å². The Morgan fingerprint density at radius 3 is 2.68 bits per heavy atom. The van der Waals surface area contributed by atoms with E-state index in [2.05, 4.69) is 15.5 Å². The van der Waals surface area contributed by atoms with Crippen LogP contribution in [0, 0.1) is 11.3 Å². The molecule has 0 saturated carbocycles. The molecule has 28 heavy (non-hydrogen) atoms. The number of carbonyl (C=O) groups is 2. The topological polar surface area (TPSA) is 125 Å². The molecular weight excluding hydrogens is 384 g/mol. The Balaban J connectivity index is 1.60. The van der Waals surface area contributed by atoms with Crippen LogP contribution in [0.4, 0.5) is 5.69 Å². The zero-order chi connectivity index (χ0) is 20.1. The van der Waals surface area contributed by atoms with Gasteiger partial charge in [0.2, 0.25) is 0 Å². The zero-order valence-corrected chi connectivity index (χ0v) is 15.1. The van der Waals surface area contributed by atoms with Crippen molar-refractivity contribution < 1.29 is 14.3 Å². The summed E-state index contributed by atoms with van der Waals surface area (Å²) in [5, 5.41) is 18.7. The number of fused-ring (bicyclic) bond motifs is 1. The number of nitriles is 1. The van der Waals surface area contributed by atoms with Crippen molar-refractivity contribution in [3.8, 4) is 6.07 Å². The standard InChI is InChI=1S/C19H13ClN4O4/c20-15-7-12(6-5-11(15)9-21)22-17(25)10-28-18(26)8-16-13-3-1-2-4-14(13)19(27)24-23-16/h1-7H,8,10H2,(H,22,25)(H,24,27). The molecule has 0 bridgehead atoms. The third kappa shape index (κ3) is 4.34. The molecule has 0 spiro atoms. The van der Waals surface area contributed by atoms with Crippen molar-refractivity contribution in [1.82, 2.24) is 10.2 Å². The van der Waals surface area contributed by atoms with Gasteiger partial charge in [0.25, 0.3) is 11.5 Å². The summed E-state index contributed by atoms with van der Waals surface area (Å²) in [4.78, 5) is 35.7. The molecular formula is C19H13ClN4O4. The summed E-state index contributed by atoms with van der Waals surface area (Å²) in [7, 11) is 0.